The molecular weight excluding hydrogens is 390 g/mol. The van der Waals surface area contributed by atoms with E-state index in [-0.39, 0.29) is 29.0 Å². The van der Waals surface area contributed by atoms with Crippen LogP contribution in [0.3, 0.4) is 0 Å². The van der Waals surface area contributed by atoms with Crippen molar-refractivity contribution in [2.45, 2.75) is 19.4 Å². The van der Waals surface area contributed by atoms with E-state index in [1.54, 1.807) is 29.2 Å². The molecule has 0 unspecified atom stereocenters. The van der Waals surface area contributed by atoms with Gasteiger partial charge in [-0.3, -0.25) is 29.1 Å². The van der Waals surface area contributed by atoms with Gasteiger partial charge in [0.1, 0.15) is 6.54 Å². The summed E-state index contributed by atoms with van der Waals surface area (Å²) < 4.78 is 1.14. The van der Waals surface area contributed by atoms with Gasteiger partial charge >= 0.3 is 0 Å². The molecule has 2 aromatic carbocycles. The second kappa shape index (κ2) is 7.74. The van der Waals surface area contributed by atoms with E-state index in [2.05, 4.69) is 10.3 Å². The first-order valence-corrected chi connectivity index (χ1v) is 9.26. The van der Waals surface area contributed by atoms with Gasteiger partial charge in [0.2, 0.25) is 11.8 Å². The molecule has 0 aliphatic carbocycles. The van der Waals surface area contributed by atoms with Gasteiger partial charge in [-0.15, -0.1) is 0 Å². The van der Waals surface area contributed by atoms with Crippen LogP contribution in [0.2, 0.25) is 0 Å². The van der Waals surface area contributed by atoms with E-state index < -0.39 is 16.4 Å². The number of nitro benzene ring substituents is 1. The van der Waals surface area contributed by atoms with Gasteiger partial charge in [-0.25, -0.2) is 4.98 Å². The van der Waals surface area contributed by atoms with Gasteiger partial charge in [0.25, 0.3) is 11.2 Å². The van der Waals surface area contributed by atoms with Crippen LogP contribution in [0.4, 0.5) is 17.1 Å². The van der Waals surface area contributed by atoms with Crippen LogP contribution in [0.1, 0.15) is 12.8 Å². The minimum atomic E-state index is -0.566. The lowest BCUT2D eigenvalue weighted by molar-refractivity contribution is -0.384. The second-order valence-corrected chi connectivity index (χ2v) is 6.88. The third kappa shape index (κ3) is 3.75. The predicted molar refractivity (Wildman–Crippen MR) is 109 cm³/mol. The van der Waals surface area contributed by atoms with Crippen LogP contribution in [-0.2, 0) is 16.1 Å². The second-order valence-electron chi connectivity index (χ2n) is 6.88. The molecule has 0 saturated carbocycles. The Hall–Kier alpha value is -4.08. The van der Waals surface area contributed by atoms with Gasteiger partial charge in [-0.2, -0.15) is 0 Å². The average Bonchev–Trinajstić information content (AvgIpc) is 3.16. The van der Waals surface area contributed by atoms with Gasteiger partial charge in [0.15, 0.2) is 0 Å². The summed E-state index contributed by atoms with van der Waals surface area (Å²) in [5, 5.41) is 13.8. The summed E-state index contributed by atoms with van der Waals surface area (Å²) >= 11 is 0. The fourth-order valence-electron chi connectivity index (χ4n) is 3.40. The zero-order valence-electron chi connectivity index (χ0n) is 15.8. The number of nitrogens with zero attached hydrogens (tertiary/aromatic N) is 4. The molecule has 2 heterocycles. The summed E-state index contributed by atoms with van der Waals surface area (Å²) in [5.41, 5.74) is 0.771. The third-order valence-corrected chi connectivity index (χ3v) is 4.85. The highest BCUT2D eigenvalue weighted by molar-refractivity contribution is 5.97. The Bertz CT molecular complexity index is 1240. The van der Waals surface area contributed by atoms with Crippen molar-refractivity contribution in [2.24, 2.45) is 0 Å². The smallest absolute Gasteiger partial charge is 0.271 e. The van der Waals surface area contributed by atoms with Gasteiger partial charge in [-0.05, 0) is 30.7 Å². The number of anilines is 2. The molecular formula is C20H17N5O5. The van der Waals surface area contributed by atoms with Crippen LogP contribution in [0, 0.1) is 10.1 Å². The van der Waals surface area contributed by atoms with Crippen LogP contribution < -0.4 is 15.8 Å². The largest absolute Gasteiger partial charge is 0.324 e. The lowest BCUT2D eigenvalue weighted by Gasteiger charge is -2.17. The molecule has 0 atom stereocenters. The number of rotatable bonds is 5. The Morgan fingerprint density at radius 2 is 2.03 bits per heavy atom. The van der Waals surface area contributed by atoms with Crippen LogP contribution in [0.25, 0.3) is 10.9 Å². The van der Waals surface area contributed by atoms with Crippen molar-refractivity contribution in [3.05, 3.63) is 69.3 Å². The lowest BCUT2D eigenvalue weighted by atomic mass is 10.2. The topological polar surface area (TPSA) is 127 Å². The SMILES string of the molecule is O=C(Cn1cnc2cc([N+](=O)[O-])ccc2c1=O)Nc1cccc(N2CCCC2=O)c1. The number of nitrogens with one attached hydrogen (secondary N) is 1. The van der Waals surface area contributed by atoms with Crippen molar-refractivity contribution in [3.8, 4) is 0 Å². The fourth-order valence-corrected chi connectivity index (χ4v) is 3.40. The minimum Gasteiger partial charge on any atom is -0.324 e. The monoisotopic (exact) mass is 407 g/mol. The summed E-state index contributed by atoms with van der Waals surface area (Å²) in [4.78, 5) is 53.0. The van der Waals surface area contributed by atoms with E-state index in [9.17, 15) is 24.5 Å². The molecule has 1 aromatic heterocycles. The van der Waals surface area contributed by atoms with Gasteiger partial charge in [0, 0.05) is 36.5 Å². The summed E-state index contributed by atoms with van der Waals surface area (Å²) in [6.07, 6.45) is 2.50. The number of fused-ring (bicyclic) bond motifs is 1. The highest BCUT2D eigenvalue weighted by Gasteiger charge is 2.22. The first kappa shape index (κ1) is 19.2. The number of non-ortho nitro benzene ring substituents is 1. The summed E-state index contributed by atoms with van der Waals surface area (Å²) in [7, 11) is 0. The molecule has 2 amide bonds. The van der Waals surface area contributed by atoms with Crippen LogP contribution >= 0.6 is 0 Å². The number of amides is 2. The molecule has 1 fully saturated rings. The Balaban J connectivity index is 1.52. The van der Waals surface area contributed by atoms with Crippen LogP contribution in [-0.4, -0.2) is 32.8 Å². The van der Waals surface area contributed by atoms with E-state index in [1.165, 1.54) is 24.5 Å². The van der Waals surface area contributed by atoms with E-state index in [1.807, 2.05) is 0 Å². The molecule has 152 valence electrons. The molecule has 10 nitrogen and oxygen atoms in total. The summed E-state index contributed by atoms with van der Waals surface area (Å²) in [6.45, 7) is 0.373. The number of carbonyl (C=O) groups excluding carboxylic acids is 2. The molecule has 3 aromatic rings. The number of nitro groups is 1. The highest BCUT2D eigenvalue weighted by atomic mass is 16.6. The number of hydrogen-bond acceptors (Lipinski definition) is 6. The molecule has 1 aliphatic rings. The van der Waals surface area contributed by atoms with Crippen LogP contribution in [0.15, 0.2) is 53.6 Å². The molecule has 0 bridgehead atoms. The van der Waals surface area contributed by atoms with E-state index in [0.717, 1.165) is 11.0 Å². The van der Waals surface area contributed by atoms with Crippen molar-refractivity contribution < 1.29 is 14.5 Å². The quantitative estimate of drug-likeness (QED) is 0.509. The first-order chi connectivity index (χ1) is 14.4. The molecule has 0 radical (unpaired) electrons. The minimum absolute atomic E-state index is 0.0486. The maximum atomic E-state index is 12.6. The van der Waals surface area contributed by atoms with Crippen molar-refractivity contribution in [1.29, 1.82) is 0 Å². The number of benzene rings is 2. The zero-order chi connectivity index (χ0) is 21.3. The zero-order valence-corrected chi connectivity index (χ0v) is 15.8. The standard InChI is InChI=1S/C20H17N5O5/c26-18(22-13-3-1-4-14(9-13)24-8-2-5-19(24)27)11-23-12-21-17-10-15(25(29)30)6-7-16(17)20(23)28/h1,3-4,6-7,9-10,12H,2,5,8,11H2,(H,22,26). The van der Waals surface area contributed by atoms with Crippen molar-refractivity contribution in [2.75, 3.05) is 16.8 Å². The third-order valence-electron chi connectivity index (χ3n) is 4.85. The van der Waals surface area contributed by atoms with Crippen molar-refractivity contribution in [3.63, 3.8) is 0 Å². The maximum Gasteiger partial charge on any atom is 0.271 e. The Morgan fingerprint density at radius 1 is 1.20 bits per heavy atom. The first-order valence-electron chi connectivity index (χ1n) is 9.26. The Kier molecular flexibility index (Phi) is 4.97. The summed E-state index contributed by atoms with van der Waals surface area (Å²) in [5.74, 6) is -0.391. The summed E-state index contributed by atoms with van der Waals surface area (Å²) in [6, 6.07) is 10.7. The molecule has 1 saturated heterocycles. The lowest BCUT2D eigenvalue weighted by Crippen LogP contribution is -2.28. The van der Waals surface area contributed by atoms with Crippen molar-refractivity contribution in [1.82, 2.24) is 9.55 Å². The van der Waals surface area contributed by atoms with Gasteiger partial charge in [-0.1, -0.05) is 6.07 Å². The molecule has 1 N–H and O–H groups in total. The highest BCUT2D eigenvalue weighted by Crippen LogP contribution is 2.24. The molecule has 10 heteroatoms. The van der Waals surface area contributed by atoms with E-state index >= 15 is 0 Å². The van der Waals surface area contributed by atoms with Crippen LogP contribution in [0.5, 0.6) is 0 Å². The van der Waals surface area contributed by atoms with E-state index in [0.29, 0.717) is 24.3 Å². The normalized spacial score (nSPS) is 13.6. The predicted octanol–water partition coefficient (Wildman–Crippen LogP) is 2.07. The number of hydrogen-bond donors (Lipinski definition) is 1. The number of carbonyl (C=O) groups is 2. The van der Waals surface area contributed by atoms with Crippen molar-refractivity contribution >= 4 is 39.8 Å². The number of aromatic nitrogens is 2. The molecule has 4 rings (SSSR count). The van der Waals surface area contributed by atoms with Gasteiger partial charge in [0.05, 0.1) is 22.2 Å². The van der Waals surface area contributed by atoms with Gasteiger partial charge < -0.3 is 10.2 Å². The molecule has 1 aliphatic heterocycles. The average molecular weight is 407 g/mol. The van der Waals surface area contributed by atoms with E-state index in [4.69, 9.17) is 0 Å². The fraction of sp³-hybridized carbons (Fsp3) is 0.200. The Labute approximate surface area is 169 Å². The molecule has 0 spiro atoms. The maximum absolute atomic E-state index is 12.6. The Morgan fingerprint density at radius 3 is 2.77 bits per heavy atom. The molecule has 30 heavy (non-hydrogen) atoms.